The lowest BCUT2D eigenvalue weighted by Crippen LogP contribution is -2.40. The van der Waals surface area contributed by atoms with Crippen LogP contribution in [0.3, 0.4) is 0 Å². The minimum absolute atomic E-state index is 0.0373. The predicted molar refractivity (Wildman–Crippen MR) is 98.5 cm³/mol. The number of benzene rings is 1. The zero-order valence-electron chi connectivity index (χ0n) is 15.1. The van der Waals surface area contributed by atoms with Gasteiger partial charge in [0.15, 0.2) is 5.82 Å². The minimum Gasteiger partial charge on any atom is -0.307 e. The van der Waals surface area contributed by atoms with Gasteiger partial charge in [0.2, 0.25) is 5.78 Å². The molecule has 0 unspecified atom stereocenters. The van der Waals surface area contributed by atoms with E-state index in [9.17, 15) is 4.79 Å². The van der Waals surface area contributed by atoms with Crippen molar-refractivity contribution in [2.45, 2.75) is 45.7 Å². The average Bonchev–Trinajstić information content (AvgIpc) is 3.05. The molecule has 1 aliphatic rings. The van der Waals surface area contributed by atoms with E-state index in [2.05, 4.69) is 29.4 Å². The lowest BCUT2D eigenvalue weighted by molar-refractivity contribution is 0.205. The Morgan fingerprint density at radius 3 is 2.84 bits per heavy atom. The highest BCUT2D eigenvalue weighted by atomic mass is 16.1. The number of hydrogen-bond acceptors (Lipinski definition) is 4. The SMILES string of the molecule is C[C@H]1[C@H](C)CCC[C@@H]1NCc1nnc2n(C)c(=O)c3ccccc3n12. The third-order valence-electron chi connectivity index (χ3n) is 5.92. The fourth-order valence-electron chi connectivity index (χ4n) is 4.10. The van der Waals surface area contributed by atoms with Crippen LogP contribution in [0.2, 0.25) is 0 Å². The number of hydrogen-bond donors (Lipinski definition) is 1. The van der Waals surface area contributed by atoms with Gasteiger partial charge in [-0.05, 0) is 30.4 Å². The fourth-order valence-corrected chi connectivity index (χ4v) is 4.10. The molecule has 1 N–H and O–H groups in total. The van der Waals surface area contributed by atoms with Crippen molar-refractivity contribution in [1.29, 1.82) is 0 Å². The second-order valence-electron chi connectivity index (χ2n) is 7.39. The van der Waals surface area contributed by atoms with Gasteiger partial charge in [-0.15, -0.1) is 10.2 Å². The Kier molecular flexibility index (Phi) is 4.07. The van der Waals surface area contributed by atoms with Crippen LogP contribution in [0, 0.1) is 11.8 Å². The van der Waals surface area contributed by atoms with E-state index < -0.39 is 0 Å². The van der Waals surface area contributed by atoms with Crippen molar-refractivity contribution in [2.75, 3.05) is 0 Å². The maximum Gasteiger partial charge on any atom is 0.262 e. The molecule has 6 heteroatoms. The monoisotopic (exact) mass is 339 g/mol. The van der Waals surface area contributed by atoms with Crippen molar-refractivity contribution in [2.24, 2.45) is 18.9 Å². The molecule has 3 atom stereocenters. The first-order valence-electron chi connectivity index (χ1n) is 9.13. The molecule has 1 aromatic carbocycles. The molecule has 1 saturated carbocycles. The van der Waals surface area contributed by atoms with Gasteiger partial charge >= 0.3 is 0 Å². The summed E-state index contributed by atoms with van der Waals surface area (Å²) in [5, 5.41) is 13.0. The van der Waals surface area contributed by atoms with Crippen LogP contribution < -0.4 is 10.9 Å². The van der Waals surface area contributed by atoms with Crippen molar-refractivity contribution in [3.8, 4) is 0 Å². The normalized spacial score (nSPS) is 24.2. The topological polar surface area (TPSA) is 64.2 Å². The molecular weight excluding hydrogens is 314 g/mol. The molecule has 0 amide bonds. The largest absolute Gasteiger partial charge is 0.307 e. The number of para-hydroxylation sites is 1. The van der Waals surface area contributed by atoms with E-state index >= 15 is 0 Å². The number of nitrogens with one attached hydrogen (secondary N) is 1. The van der Waals surface area contributed by atoms with Gasteiger partial charge in [0.25, 0.3) is 5.56 Å². The van der Waals surface area contributed by atoms with Gasteiger partial charge in [0, 0.05) is 13.1 Å². The van der Waals surface area contributed by atoms with E-state index in [0.29, 0.717) is 29.7 Å². The molecule has 3 aromatic rings. The molecule has 0 aliphatic heterocycles. The maximum absolute atomic E-state index is 12.5. The maximum atomic E-state index is 12.5. The van der Waals surface area contributed by atoms with Gasteiger partial charge < -0.3 is 5.32 Å². The summed E-state index contributed by atoms with van der Waals surface area (Å²) in [6, 6.07) is 8.17. The van der Waals surface area contributed by atoms with Crippen LogP contribution in [0.15, 0.2) is 29.1 Å². The molecule has 6 nitrogen and oxygen atoms in total. The molecule has 1 aliphatic carbocycles. The molecule has 0 saturated heterocycles. The van der Waals surface area contributed by atoms with E-state index in [1.807, 2.05) is 28.7 Å². The Bertz CT molecular complexity index is 973. The van der Waals surface area contributed by atoms with Crippen LogP contribution in [-0.2, 0) is 13.6 Å². The molecule has 2 aromatic heterocycles. The van der Waals surface area contributed by atoms with Crippen LogP contribution in [0.1, 0.15) is 38.9 Å². The molecule has 4 rings (SSSR count). The Morgan fingerprint density at radius 2 is 2.00 bits per heavy atom. The quantitative estimate of drug-likeness (QED) is 0.796. The van der Waals surface area contributed by atoms with Crippen LogP contribution in [-0.4, -0.2) is 25.2 Å². The summed E-state index contributed by atoms with van der Waals surface area (Å²) in [5.41, 5.74) is 0.831. The van der Waals surface area contributed by atoms with Crippen LogP contribution in [0.5, 0.6) is 0 Å². The first-order valence-corrected chi connectivity index (χ1v) is 9.13. The van der Waals surface area contributed by atoms with Crippen molar-refractivity contribution < 1.29 is 0 Å². The summed E-state index contributed by atoms with van der Waals surface area (Å²) in [4.78, 5) is 12.5. The second-order valence-corrected chi connectivity index (χ2v) is 7.39. The molecule has 2 heterocycles. The van der Waals surface area contributed by atoms with Gasteiger partial charge in [-0.1, -0.05) is 38.8 Å². The molecular formula is C19H25N5O. The van der Waals surface area contributed by atoms with Gasteiger partial charge in [-0.25, -0.2) is 0 Å². The third-order valence-corrected chi connectivity index (χ3v) is 5.92. The van der Waals surface area contributed by atoms with Crippen LogP contribution in [0.4, 0.5) is 0 Å². The number of nitrogens with zero attached hydrogens (tertiary/aromatic N) is 4. The summed E-state index contributed by atoms with van der Waals surface area (Å²) in [6.07, 6.45) is 3.81. The Hall–Kier alpha value is -2.21. The minimum atomic E-state index is -0.0373. The van der Waals surface area contributed by atoms with Gasteiger partial charge in [-0.3, -0.25) is 13.8 Å². The Balaban J connectivity index is 1.72. The lowest BCUT2D eigenvalue weighted by atomic mass is 9.78. The molecule has 132 valence electrons. The van der Waals surface area contributed by atoms with E-state index in [-0.39, 0.29) is 5.56 Å². The van der Waals surface area contributed by atoms with Crippen molar-refractivity contribution in [1.82, 2.24) is 24.5 Å². The Labute approximate surface area is 146 Å². The van der Waals surface area contributed by atoms with Crippen LogP contribution in [0.25, 0.3) is 16.7 Å². The number of rotatable bonds is 3. The van der Waals surface area contributed by atoms with E-state index in [4.69, 9.17) is 0 Å². The van der Waals surface area contributed by atoms with E-state index in [1.54, 1.807) is 11.6 Å². The lowest BCUT2D eigenvalue weighted by Gasteiger charge is -2.34. The fraction of sp³-hybridized carbons (Fsp3) is 0.526. The summed E-state index contributed by atoms with van der Waals surface area (Å²) < 4.78 is 3.57. The van der Waals surface area contributed by atoms with Gasteiger partial charge in [-0.2, -0.15) is 0 Å². The third kappa shape index (κ3) is 2.65. The highest BCUT2D eigenvalue weighted by molar-refractivity contribution is 5.80. The highest BCUT2D eigenvalue weighted by Crippen LogP contribution is 2.29. The highest BCUT2D eigenvalue weighted by Gasteiger charge is 2.27. The first kappa shape index (κ1) is 16.3. The first-order chi connectivity index (χ1) is 12.1. The summed E-state index contributed by atoms with van der Waals surface area (Å²) in [6.45, 7) is 5.34. The zero-order chi connectivity index (χ0) is 17.6. The van der Waals surface area contributed by atoms with Gasteiger partial charge in [0.1, 0.15) is 0 Å². The predicted octanol–water partition coefficient (Wildman–Crippen LogP) is 2.50. The average molecular weight is 339 g/mol. The number of aromatic nitrogens is 4. The number of fused-ring (bicyclic) bond motifs is 3. The van der Waals surface area contributed by atoms with E-state index in [1.165, 1.54) is 19.3 Å². The molecule has 0 radical (unpaired) electrons. The van der Waals surface area contributed by atoms with Crippen LogP contribution >= 0.6 is 0 Å². The van der Waals surface area contributed by atoms with Crippen molar-refractivity contribution >= 4 is 16.7 Å². The molecule has 25 heavy (non-hydrogen) atoms. The standard InChI is InChI=1S/C19H25N5O/c1-12-7-6-9-15(13(12)2)20-11-17-21-22-19-23(3)18(25)14-8-4-5-10-16(14)24(17)19/h4-5,8,10,12-13,15,20H,6-7,9,11H2,1-3H3/t12-,13+,15+/m1/s1. The second kappa shape index (κ2) is 6.26. The summed E-state index contributed by atoms with van der Waals surface area (Å²) in [7, 11) is 1.75. The van der Waals surface area contributed by atoms with Crippen molar-refractivity contribution in [3.63, 3.8) is 0 Å². The molecule has 0 bridgehead atoms. The summed E-state index contributed by atoms with van der Waals surface area (Å²) >= 11 is 0. The number of aryl methyl sites for hydroxylation is 1. The smallest absolute Gasteiger partial charge is 0.262 e. The zero-order valence-corrected chi connectivity index (χ0v) is 15.1. The van der Waals surface area contributed by atoms with Crippen molar-refractivity contribution in [3.05, 3.63) is 40.4 Å². The molecule has 0 spiro atoms. The summed E-state index contributed by atoms with van der Waals surface area (Å²) in [5.74, 6) is 2.86. The Morgan fingerprint density at radius 1 is 1.20 bits per heavy atom. The molecule has 1 fully saturated rings. The van der Waals surface area contributed by atoms with Gasteiger partial charge in [0.05, 0.1) is 17.4 Å². The van der Waals surface area contributed by atoms with E-state index in [0.717, 1.165) is 17.3 Å².